The summed E-state index contributed by atoms with van der Waals surface area (Å²) in [6.07, 6.45) is 4.11. The number of carbonyl (C=O) groups is 2. The number of rotatable bonds is 11. The smallest absolute Gasteiger partial charge is 0.264 e. The van der Waals surface area contributed by atoms with Crippen molar-refractivity contribution in [2.45, 2.75) is 62.6 Å². The second kappa shape index (κ2) is 14.3. The van der Waals surface area contributed by atoms with E-state index in [1.54, 1.807) is 43.3 Å². The summed E-state index contributed by atoms with van der Waals surface area (Å²) in [5, 5.41) is 4.05. The van der Waals surface area contributed by atoms with Crippen LogP contribution in [-0.4, -0.2) is 43.8 Å². The fourth-order valence-corrected chi connectivity index (χ4v) is 7.23. The summed E-state index contributed by atoms with van der Waals surface area (Å²) < 4.78 is 28.8. The minimum absolute atomic E-state index is 0.00514. The molecule has 1 saturated carbocycles. The predicted molar refractivity (Wildman–Crippen MR) is 169 cm³/mol. The highest BCUT2D eigenvalue weighted by molar-refractivity contribution is 7.92. The van der Waals surface area contributed by atoms with Gasteiger partial charge in [-0.15, -0.1) is 0 Å². The molecule has 4 rings (SSSR count). The van der Waals surface area contributed by atoms with E-state index in [1.807, 2.05) is 0 Å². The van der Waals surface area contributed by atoms with Gasteiger partial charge in [-0.25, -0.2) is 8.42 Å². The van der Waals surface area contributed by atoms with E-state index in [4.69, 9.17) is 46.4 Å². The zero-order valence-corrected chi connectivity index (χ0v) is 26.7. The summed E-state index contributed by atoms with van der Waals surface area (Å²) in [5.74, 6) is -0.902. The van der Waals surface area contributed by atoms with E-state index in [2.05, 4.69) is 5.32 Å². The number of halogens is 4. The number of hydrogen-bond acceptors (Lipinski definition) is 4. The first-order valence-corrected chi connectivity index (χ1v) is 16.5. The maximum absolute atomic E-state index is 14.2. The minimum Gasteiger partial charge on any atom is -0.352 e. The third-order valence-corrected chi connectivity index (χ3v) is 10.3. The highest BCUT2D eigenvalue weighted by Crippen LogP contribution is 2.33. The summed E-state index contributed by atoms with van der Waals surface area (Å²) in [4.78, 5) is 29.1. The molecule has 0 radical (unpaired) electrons. The van der Waals surface area contributed by atoms with Gasteiger partial charge in [0.25, 0.3) is 10.0 Å². The van der Waals surface area contributed by atoms with Crippen molar-refractivity contribution in [3.63, 3.8) is 0 Å². The average Bonchev–Trinajstić information content (AvgIpc) is 3.48. The Morgan fingerprint density at radius 1 is 0.905 bits per heavy atom. The molecule has 0 unspecified atom stereocenters. The van der Waals surface area contributed by atoms with Crippen LogP contribution in [-0.2, 0) is 26.2 Å². The van der Waals surface area contributed by atoms with Crippen molar-refractivity contribution >= 4 is 73.9 Å². The van der Waals surface area contributed by atoms with Gasteiger partial charge in [-0.05, 0) is 67.3 Å². The largest absolute Gasteiger partial charge is 0.352 e. The molecule has 1 N–H and O–H groups in total. The third-order valence-electron chi connectivity index (χ3n) is 7.21. The Balaban J connectivity index is 1.75. The lowest BCUT2D eigenvalue weighted by atomic mass is 10.1. The van der Waals surface area contributed by atoms with Crippen LogP contribution in [0.1, 0.15) is 44.6 Å². The van der Waals surface area contributed by atoms with E-state index in [0.29, 0.717) is 22.0 Å². The quantitative estimate of drug-likeness (QED) is 0.231. The maximum Gasteiger partial charge on any atom is 0.264 e. The molecule has 0 bridgehead atoms. The monoisotopic (exact) mass is 669 g/mol. The van der Waals surface area contributed by atoms with E-state index < -0.39 is 28.5 Å². The van der Waals surface area contributed by atoms with E-state index in [1.165, 1.54) is 35.2 Å². The number of benzene rings is 3. The van der Waals surface area contributed by atoms with Crippen molar-refractivity contribution in [1.82, 2.24) is 10.2 Å². The van der Waals surface area contributed by atoms with Gasteiger partial charge < -0.3 is 10.2 Å². The lowest BCUT2D eigenvalue weighted by Gasteiger charge is -2.34. The average molecular weight is 671 g/mol. The van der Waals surface area contributed by atoms with Crippen molar-refractivity contribution in [2.75, 3.05) is 10.8 Å². The molecular formula is C30H31Cl4N3O4S. The first-order chi connectivity index (χ1) is 20.0. The Hall–Kier alpha value is -2.49. The van der Waals surface area contributed by atoms with Gasteiger partial charge in [-0.1, -0.05) is 90.4 Å². The number of sulfonamides is 1. The SMILES string of the molecule is CC[C@H](C(=O)NC1CCCC1)N(Cc1ccc(Cl)c(Cl)c1)C(=O)CN(c1cc(Cl)ccc1Cl)S(=O)(=O)c1ccccc1. The molecule has 1 atom stereocenters. The van der Waals surface area contributed by atoms with E-state index in [9.17, 15) is 18.0 Å². The molecule has 2 amide bonds. The van der Waals surface area contributed by atoms with Crippen LogP contribution in [0.3, 0.4) is 0 Å². The molecule has 42 heavy (non-hydrogen) atoms. The number of hydrogen-bond donors (Lipinski definition) is 1. The zero-order chi connectivity index (χ0) is 30.4. The Bertz CT molecular complexity index is 1530. The molecule has 0 heterocycles. The first kappa shape index (κ1) is 32.4. The van der Waals surface area contributed by atoms with E-state index in [-0.39, 0.29) is 39.1 Å². The third kappa shape index (κ3) is 7.71. The topological polar surface area (TPSA) is 86.8 Å². The van der Waals surface area contributed by atoms with Crippen molar-refractivity contribution in [1.29, 1.82) is 0 Å². The zero-order valence-electron chi connectivity index (χ0n) is 22.9. The molecule has 0 aromatic heterocycles. The number of nitrogens with zero attached hydrogens (tertiary/aromatic N) is 2. The molecule has 0 aliphatic heterocycles. The molecule has 0 spiro atoms. The molecule has 1 aliphatic carbocycles. The highest BCUT2D eigenvalue weighted by atomic mass is 35.5. The number of amides is 2. The number of carbonyl (C=O) groups excluding carboxylic acids is 2. The number of nitrogens with one attached hydrogen (secondary N) is 1. The first-order valence-electron chi connectivity index (χ1n) is 13.6. The van der Waals surface area contributed by atoms with Crippen LogP contribution >= 0.6 is 46.4 Å². The lowest BCUT2D eigenvalue weighted by Crippen LogP contribution is -2.53. The molecular weight excluding hydrogens is 640 g/mol. The van der Waals surface area contributed by atoms with Crippen LogP contribution < -0.4 is 9.62 Å². The van der Waals surface area contributed by atoms with E-state index in [0.717, 1.165) is 30.0 Å². The van der Waals surface area contributed by atoms with Crippen molar-refractivity contribution in [3.8, 4) is 0 Å². The molecule has 3 aromatic carbocycles. The van der Waals surface area contributed by atoms with Gasteiger partial charge in [0.2, 0.25) is 11.8 Å². The Labute approximate surface area is 266 Å². The van der Waals surface area contributed by atoms with Crippen molar-refractivity contribution < 1.29 is 18.0 Å². The van der Waals surface area contributed by atoms with Gasteiger partial charge in [0.15, 0.2) is 0 Å². The van der Waals surface area contributed by atoms with Gasteiger partial charge >= 0.3 is 0 Å². The Morgan fingerprint density at radius 2 is 1.57 bits per heavy atom. The summed E-state index contributed by atoms with van der Waals surface area (Å²) in [6, 6.07) is 16.2. The standard InChI is InChI=1S/C30H31Cl4N3O4S/c1-2-27(30(39)35-22-8-6-7-9-22)36(18-20-12-14-24(32)26(34)16-20)29(38)19-37(28-17-21(31)13-15-25(28)33)42(40,41)23-10-4-3-5-11-23/h3-5,10-17,22,27H,2,6-9,18-19H2,1H3,(H,35,39)/t27-/m1/s1. The second-order valence-corrected chi connectivity index (χ2v) is 13.6. The molecule has 0 saturated heterocycles. The highest BCUT2D eigenvalue weighted by Gasteiger charge is 2.35. The molecule has 12 heteroatoms. The van der Waals surface area contributed by atoms with Crippen LogP contribution in [0.15, 0.2) is 71.6 Å². The van der Waals surface area contributed by atoms with Crippen LogP contribution in [0.2, 0.25) is 20.1 Å². The van der Waals surface area contributed by atoms with Crippen LogP contribution in [0.25, 0.3) is 0 Å². The van der Waals surface area contributed by atoms with Crippen LogP contribution in [0, 0.1) is 0 Å². The summed E-state index contributed by atoms with van der Waals surface area (Å²) in [7, 11) is -4.27. The second-order valence-electron chi connectivity index (χ2n) is 10.1. The maximum atomic E-state index is 14.2. The Kier molecular flexibility index (Phi) is 11.1. The Morgan fingerprint density at radius 3 is 2.21 bits per heavy atom. The number of anilines is 1. The normalized spacial score (nSPS) is 14.4. The molecule has 224 valence electrons. The lowest BCUT2D eigenvalue weighted by molar-refractivity contribution is -0.140. The van der Waals surface area contributed by atoms with Crippen molar-refractivity contribution in [3.05, 3.63) is 92.4 Å². The van der Waals surface area contributed by atoms with Crippen LogP contribution in [0.4, 0.5) is 5.69 Å². The summed E-state index contributed by atoms with van der Waals surface area (Å²) in [5.41, 5.74) is 0.669. The minimum atomic E-state index is -4.27. The molecule has 3 aromatic rings. The van der Waals surface area contributed by atoms with E-state index >= 15 is 0 Å². The van der Waals surface area contributed by atoms with Gasteiger partial charge in [0.05, 0.1) is 25.7 Å². The summed E-state index contributed by atoms with van der Waals surface area (Å²) in [6.45, 7) is 1.17. The van der Waals surface area contributed by atoms with Gasteiger partial charge in [0.1, 0.15) is 12.6 Å². The predicted octanol–water partition coefficient (Wildman–Crippen LogP) is 7.36. The molecule has 7 nitrogen and oxygen atoms in total. The summed E-state index contributed by atoms with van der Waals surface area (Å²) >= 11 is 25.1. The van der Waals surface area contributed by atoms with Gasteiger partial charge in [0, 0.05) is 17.6 Å². The van der Waals surface area contributed by atoms with Gasteiger partial charge in [-0.2, -0.15) is 0 Å². The molecule has 1 aliphatic rings. The fraction of sp³-hybridized carbons (Fsp3) is 0.333. The molecule has 1 fully saturated rings. The van der Waals surface area contributed by atoms with Crippen LogP contribution in [0.5, 0.6) is 0 Å². The van der Waals surface area contributed by atoms with Gasteiger partial charge in [-0.3, -0.25) is 13.9 Å². The fourth-order valence-electron chi connectivity index (χ4n) is 5.03. The van der Waals surface area contributed by atoms with Crippen molar-refractivity contribution in [2.24, 2.45) is 0 Å².